The summed E-state index contributed by atoms with van der Waals surface area (Å²) in [6.07, 6.45) is 5.71. The second-order valence-corrected chi connectivity index (χ2v) is 7.36. The molecule has 2 heterocycles. The van der Waals surface area contributed by atoms with E-state index in [0.717, 1.165) is 44.6 Å². The van der Waals surface area contributed by atoms with Crippen LogP contribution in [0.5, 0.6) is 0 Å². The van der Waals surface area contributed by atoms with Gasteiger partial charge in [-0.1, -0.05) is 6.07 Å². The first kappa shape index (κ1) is 14.8. The lowest BCUT2D eigenvalue weighted by Crippen LogP contribution is -2.39. The zero-order valence-electron chi connectivity index (χ0n) is 12.1. The SMILES string of the molecule is O=[SH](=O)c1cccc(N2CCC3(CCC(CO)C3)CC2)n1. The maximum Gasteiger partial charge on any atom is 0.185 e. The highest BCUT2D eigenvalue weighted by atomic mass is 32.2. The lowest BCUT2D eigenvalue weighted by atomic mass is 9.76. The summed E-state index contributed by atoms with van der Waals surface area (Å²) in [5.74, 6) is 1.24. The number of pyridine rings is 1. The van der Waals surface area contributed by atoms with Gasteiger partial charge in [-0.2, -0.15) is 0 Å². The molecule has 2 aliphatic rings. The molecule has 6 heteroatoms. The molecule has 1 aromatic heterocycles. The molecule has 1 N–H and O–H groups in total. The van der Waals surface area contributed by atoms with Crippen LogP contribution in [-0.2, 0) is 10.7 Å². The normalized spacial score (nSPS) is 24.9. The minimum absolute atomic E-state index is 0.143. The van der Waals surface area contributed by atoms with Crippen LogP contribution in [0.25, 0.3) is 0 Å². The van der Waals surface area contributed by atoms with E-state index in [1.165, 1.54) is 12.5 Å². The fourth-order valence-electron chi connectivity index (χ4n) is 3.84. The molecule has 1 atom stereocenters. The van der Waals surface area contributed by atoms with E-state index in [2.05, 4.69) is 9.88 Å². The average molecular weight is 310 g/mol. The van der Waals surface area contributed by atoms with E-state index in [1.54, 1.807) is 6.07 Å². The predicted molar refractivity (Wildman–Crippen MR) is 81.1 cm³/mol. The van der Waals surface area contributed by atoms with Gasteiger partial charge in [0.2, 0.25) is 0 Å². The van der Waals surface area contributed by atoms with Crippen molar-refractivity contribution < 1.29 is 13.5 Å². The third-order valence-electron chi connectivity index (χ3n) is 5.12. The van der Waals surface area contributed by atoms with Crippen molar-refractivity contribution in [2.75, 3.05) is 24.6 Å². The van der Waals surface area contributed by atoms with Crippen molar-refractivity contribution in [3.8, 4) is 0 Å². The fraction of sp³-hybridized carbons (Fsp3) is 0.667. The average Bonchev–Trinajstić information content (AvgIpc) is 2.91. The number of hydrogen-bond donors (Lipinski definition) is 2. The first-order valence-corrected chi connectivity index (χ1v) is 8.77. The molecule has 0 radical (unpaired) electrons. The molecule has 1 aliphatic carbocycles. The number of aliphatic hydroxyl groups excluding tert-OH is 1. The van der Waals surface area contributed by atoms with Crippen LogP contribution in [-0.4, -0.2) is 38.2 Å². The summed E-state index contributed by atoms with van der Waals surface area (Å²) < 4.78 is 22.1. The maximum atomic E-state index is 11.0. The number of nitrogens with zero attached hydrogens (tertiary/aromatic N) is 2. The first-order chi connectivity index (χ1) is 10.1. The minimum atomic E-state index is -2.62. The highest BCUT2D eigenvalue weighted by molar-refractivity contribution is 7.72. The number of aromatic nitrogens is 1. The molecule has 3 rings (SSSR count). The zero-order chi connectivity index (χ0) is 14.9. The van der Waals surface area contributed by atoms with Crippen molar-refractivity contribution in [1.82, 2.24) is 4.98 Å². The number of rotatable bonds is 3. The van der Waals surface area contributed by atoms with Crippen LogP contribution < -0.4 is 4.90 Å². The highest BCUT2D eigenvalue weighted by Crippen LogP contribution is 2.49. The number of hydrogen-bond acceptors (Lipinski definition) is 5. The summed E-state index contributed by atoms with van der Waals surface area (Å²) in [5.41, 5.74) is 0.394. The quantitative estimate of drug-likeness (QED) is 0.827. The van der Waals surface area contributed by atoms with Crippen LogP contribution >= 0.6 is 0 Å². The van der Waals surface area contributed by atoms with E-state index >= 15 is 0 Å². The molecule has 0 aromatic carbocycles. The largest absolute Gasteiger partial charge is 0.396 e. The molecule has 2 fully saturated rings. The molecular weight excluding hydrogens is 288 g/mol. The van der Waals surface area contributed by atoms with Gasteiger partial charge < -0.3 is 10.0 Å². The summed E-state index contributed by atoms with van der Waals surface area (Å²) in [4.78, 5) is 6.41. The van der Waals surface area contributed by atoms with Crippen LogP contribution in [0.2, 0.25) is 0 Å². The molecular formula is C15H22N2O3S. The van der Waals surface area contributed by atoms with Gasteiger partial charge in [-0.05, 0) is 55.6 Å². The lowest BCUT2D eigenvalue weighted by molar-refractivity contribution is 0.184. The van der Waals surface area contributed by atoms with Crippen molar-refractivity contribution >= 4 is 16.5 Å². The van der Waals surface area contributed by atoms with Gasteiger partial charge in [-0.25, -0.2) is 13.4 Å². The maximum absolute atomic E-state index is 11.0. The van der Waals surface area contributed by atoms with Crippen molar-refractivity contribution in [3.63, 3.8) is 0 Å². The molecule has 1 aliphatic heterocycles. The second kappa shape index (κ2) is 5.93. The van der Waals surface area contributed by atoms with Gasteiger partial charge in [0.15, 0.2) is 15.7 Å². The molecule has 1 unspecified atom stereocenters. The third kappa shape index (κ3) is 3.06. The van der Waals surface area contributed by atoms with E-state index in [0.29, 0.717) is 17.9 Å². The number of thiol groups is 1. The number of piperidine rings is 1. The molecule has 116 valence electrons. The third-order valence-corrected chi connectivity index (χ3v) is 5.74. The fourth-order valence-corrected chi connectivity index (χ4v) is 4.23. The molecule has 5 nitrogen and oxygen atoms in total. The van der Waals surface area contributed by atoms with Gasteiger partial charge in [0.1, 0.15) is 5.82 Å². The molecule has 1 saturated carbocycles. The van der Waals surface area contributed by atoms with Gasteiger partial charge in [0, 0.05) is 19.7 Å². The lowest BCUT2D eigenvalue weighted by Gasteiger charge is -2.40. The van der Waals surface area contributed by atoms with Gasteiger partial charge in [0.25, 0.3) is 0 Å². The number of aliphatic hydroxyl groups is 1. The minimum Gasteiger partial charge on any atom is -0.396 e. The Kier molecular flexibility index (Phi) is 4.17. The van der Waals surface area contributed by atoms with Crippen molar-refractivity contribution in [3.05, 3.63) is 18.2 Å². The molecule has 21 heavy (non-hydrogen) atoms. The van der Waals surface area contributed by atoms with Crippen molar-refractivity contribution in [2.45, 2.75) is 37.1 Å². The Morgan fingerprint density at radius 2 is 2.05 bits per heavy atom. The van der Waals surface area contributed by atoms with Gasteiger partial charge in [-0.3, -0.25) is 0 Å². The van der Waals surface area contributed by atoms with Gasteiger partial charge in [-0.15, -0.1) is 0 Å². The van der Waals surface area contributed by atoms with Gasteiger partial charge >= 0.3 is 0 Å². The van der Waals surface area contributed by atoms with Crippen molar-refractivity contribution in [1.29, 1.82) is 0 Å². The van der Waals surface area contributed by atoms with Crippen molar-refractivity contribution in [2.24, 2.45) is 11.3 Å². The van der Waals surface area contributed by atoms with Crippen LogP contribution in [0, 0.1) is 11.3 Å². The number of anilines is 1. The zero-order valence-corrected chi connectivity index (χ0v) is 13.0. The van der Waals surface area contributed by atoms with Gasteiger partial charge in [0.05, 0.1) is 0 Å². The Hall–Kier alpha value is -1.14. The Balaban J connectivity index is 1.67. The first-order valence-electron chi connectivity index (χ1n) is 7.59. The molecule has 0 bridgehead atoms. The summed E-state index contributed by atoms with van der Waals surface area (Å²) in [5, 5.41) is 9.46. The predicted octanol–water partition coefficient (Wildman–Crippen LogP) is 1.43. The van der Waals surface area contributed by atoms with E-state index < -0.39 is 10.7 Å². The summed E-state index contributed by atoms with van der Waals surface area (Å²) in [7, 11) is -2.62. The smallest absolute Gasteiger partial charge is 0.185 e. The highest BCUT2D eigenvalue weighted by Gasteiger charge is 2.41. The molecule has 1 aromatic rings. The second-order valence-electron chi connectivity index (χ2n) is 6.39. The Bertz CT molecular complexity index is 572. The van der Waals surface area contributed by atoms with E-state index in [1.807, 2.05) is 6.07 Å². The topological polar surface area (TPSA) is 70.5 Å². The Morgan fingerprint density at radius 3 is 2.67 bits per heavy atom. The molecule has 1 spiro atoms. The Labute approximate surface area is 127 Å². The van der Waals surface area contributed by atoms with E-state index in [9.17, 15) is 13.5 Å². The van der Waals surface area contributed by atoms with E-state index in [-0.39, 0.29) is 5.03 Å². The van der Waals surface area contributed by atoms with E-state index in [4.69, 9.17) is 0 Å². The monoisotopic (exact) mass is 310 g/mol. The molecule has 1 saturated heterocycles. The van der Waals surface area contributed by atoms with Crippen LogP contribution in [0.15, 0.2) is 23.2 Å². The van der Waals surface area contributed by atoms with Crippen LogP contribution in [0.4, 0.5) is 5.82 Å². The molecule has 0 amide bonds. The van der Waals surface area contributed by atoms with Crippen LogP contribution in [0.3, 0.4) is 0 Å². The summed E-state index contributed by atoms with van der Waals surface area (Å²) >= 11 is 0. The van der Waals surface area contributed by atoms with Crippen LogP contribution in [0.1, 0.15) is 32.1 Å². The summed E-state index contributed by atoms with van der Waals surface area (Å²) in [6.45, 7) is 2.15. The summed E-state index contributed by atoms with van der Waals surface area (Å²) in [6, 6.07) is 5.17. The standard InChI is InChI=1S/C15H22N2O3S/c18-11-12-4-5-15(10-12)6-8-17(9-7-15)13-2-1-3-14(16-13)21(19)20/h1-3,12,18,21H,4-11H2. The Morgan fingerprint density at radius 1 is 1.29 bits per heavy atom.